The molecule has 0 atom stereocenters. The van der Waals surface area contributed by atoms with Gasteiger partial charge in [-0.1, -0.05) is 42.5 Å². The summed E-state index contributed by atoms with van der Waals surface area (Å²) in [5.74, 6) is 3.32. The van der Waals surface area contributed by atoms with Crippen molar-refractivity contribution in [2.75, 3.05) is 114 Å². The second-order valence-electron chi connectivity index (χ2n) is 16.4. The molecule has 0 bridgehead atoms. The lowest BCUT2D eigenvalue weighted by Crippen LogP contribution is -2.46. The Kier molecular flexibility index (Phi) is 17.9. The minimum atomic E-state index is 0.0430. The number of amides is 2. The van der Waals surface area contributed by atoms with Crippen LogP contribution in [0.5, 0.6) is 11.5 Å². The van der Waals surface area contributed by atoms with Gasteiger partial charge in [-0.15, -0.1) is 23.5 Å². The van der Waals surface area contributed by atoms with Crippen LogP contribution in [0.4, 0.5) is 11.4 Å². The summed E-state index contributed by atoms with van der Waals surface area (Å²) in [6, 6.07) is 30.6. The van der Waals surface area contributed by atoms with E-state index in [9.17, 15) is 14.7 Å². The molecule has 11 nitrogen and oxygen atoms in total. The molecular weight excluding hydrogens is 841 g/mol. The Bertz CT molecular complexity index is 2220. The smallest absolute Gasteiger partial charge is 0.248 e. The monoisotopic (exact) mass is 904 g/mol. The zero-order valence-electron chi connectivity index (χ0n) is 37.4. The molecule has 8 rings (SSSR count). The second kappa shape index (κ2) is 24.4. The topological polar surface area (TPSA) is 110 Å². The number of fused-ring (bicyclic) bond motifs is 2. The van der Waals surface area contributed by atoms with Gasteiger partial charge in [-0.3, -0.25) is 19.4 Å². The number of para-hydroxylation sites is 2. The molecule has 4 aliphatic heterocycles. The maximum atomic E-state index is 12.6. The van der Waals surface area contributed by atoms with Crippen LogP contribution in [-0.2, 0) is 16.2 Å². The fourth-order valence-electron chi connectivity index (χ4n) is 8.40. The molecule has 13 heteroatoms. The molecule has 64 heavy (non-hydrogen) atoms. The van der Waals surface area contributed by atoms with E-state index in [0.29, 0.717) is 12.3 Å². The van der Waals surface area contributed by atoms with Gasteiger partial charge in [0.15, 0.2) is 0 Å². The van der Waals surface area contributed by atoms with Crippen LogP contribution in [0.15, 0.2) is 112 Å². The maximum absolute atomic E-state index is 12.6. The summed E-state index contributed by atoms with van der Waals surface area (Å²) < 4.78 is 10.8. The molecule has 2 amide bonds. The molecule has 0 aliphatic carbocycles. The molecule has 4 aromatic rings. The van der Waals surface area contributed by atoms with Crippen LogP contribution in [0, 0.1) is 0 Å². The summed E-state index contributed by atoms with van der Waals surface area (Å²) in [6.07, 6.45) is 8.19. The third-order valence-electron chi connectivity index (χ3n) is 12.1. The molecule has 3 N–H and O–H groups in total. The number of thioether (sulfide) groups is 2. The van der Waals surface area contributed by atoms with E-state index in [1.165, 1.54) is 21.2 Å². The van der Waals surface area contributed by atoms with Crippen LogP contribution < -0.4 is 29.9 Å². The van der Waals surface area contributed by atoms with Gasteiger partial charge in [0.05, 0.1) is 26.5 Å². The third kappa shape index (κ3) is 13.3. The molecule has 340 valence electrons. The van der Waals surface area contributed by atoms with E-state index in [-0.39, 0.29) is 18.4 Å². The molecule has 0 saturated carbocycles. The number of hydrogen-bond acceptors (Lipinski definition) is 11. The first-order chi connectivity index (χ1) is 31.4. The van der Waals surface area contributed by atoms with E-state index >= 15 is 0 Å². The largest absolute Gasteiger partial charge is 0.497 e. The van der Waals surface area contributed by atoms with E-state index in [0.717, 1.165) is 143 Å². The van der Waals surface area contributed by atoms with Crippen molar-refractivity contribution >= 4 is 58.9 Å². The number of aliphatic hydroxyl groups excluding tert-OH is 1. The van der Waals surface area contributed by atoms with Crippen molar-refractivity contribution in [3.05, 3.63) is 119 Å². The number of benzene rings is 4. The normalized spacial score (nSPS) is 16.3. The van der Waals surface area contributed by atoms with Gasteiger partial charge in [-0.2, -0.15) is 0 Å². The summed E-state index contributed by atoms with van der Waals surface area (Å²) in [5, 5.41) is 15.5. The van der Waals surface area contributed by atoms with Gasteiger partial charge in [-0.05, 0) is 116 Å². The predicted octanol–water partition coefficient (Wildman–Crippen LogP) is 7.30. The molecular formula is C51H64N6O5S2. The lowest BCUT2D eigenvalue weighted by Gasteiger charge is -2.36. The Morgan fingerprint density at radius 2 is 1.20 bits per heavy atom. The van der Waals surface area contributed by atoms with Crippen LogP contribution in [0.2, 0.25) is 0 Å². The van der Waals surface area contributed by atoms with Gasteiger partial charge in [0.25, 0.3) is 0 Å². The van der Waals surface area contributed by atoms with E-state index in [1.807, 2.05) is 60.7 Å². The zero-order valence-corrected chi connectivity index (χ0v) is 39.1. The molecule has 4 aliphatic rings. The molecule has 0 aromatic heterocycles. The molecule has 4 heterocycles. The lowest BCUT2D eigenvalue weighted by atomic mass is 10.1. The summed E-state index contributed by atoms with van der Waals surface area (Å²) in [5.41, 5.74) is 7.24. The molecule has 0 radical (unpaired) electrons. The summed E-state index contributed by atoms with van der Waals surface area (Å²) >= 11 is 3.44. The average molecular weight is 905 g/mol. The number of rotatable bonds is 17. The number of hydrogen-bond donors (Lipinski definition) is 3. The Labute approximate surface area is 388 Å². The first-order valence-electron chi connectivity index (χ1n) is 22.7. The first-order valence-corrected chi connectivity index (χ1v) is 24.7. The van der Waals surface area contributed by atoms with Crippen LogP contribution in [0.25, 0.3) is 12.2 Å². The highest BCUT2D eigenvalue weighted by Crippen LogP contribution is 2.35. The van der Waals surface area contributed by atoms with Gasteiger partial charge >= 0.3 is 0 Å². The summed E-state index contributed by atoms with van der Waals surface area (Å²) in [4.78, 5) is 37.3. The van der Waals surface area contributed by atoms with Gasteiger partial charge in [0.2, 0.25) is 11.8 Å². The zero-order chi connectivity index (χ0) is 44.5. The molecule has 2 saturated heterocycles. The number of aliphatic hydroxyl groups is 1. The SMILES string of the molecule is COc1ccc2c(c1)C=C(C(=O)NCCCCN1CCN(c3ccccc3OC)CC1)CS2.O=C(NCCCCN1CCN(c2cccc(CO)c2)CC1)C1=Cc2ccccc2SC1. The molecule has 0 unspecified atom stereocenters. The number of nitrogens with zero attached hydrogens (tertiary/aromatic N) is 4. The number of carbonyl (C=O) groups excluding carboxylic acids is 2. The van der Waals surface area contributed by atoms with Gasteiger partial charge < -0.3 is 35.0 Å². The Morgan fingerprint density at radius 3 is 1.84 bits per heavy atom. The van der Waals surface area contributed by atoms with Crippen molar-refractivity contribution in [1.82, 2.24) is 20.4 Å². The molecule has 2 fully saturated rings. The van der Waals surface area contributed by atoms with Crippen molar-refractivity contribution in [2.45, 2.75) is 42.1 Å². The van der Waals surface area contributed by atoms with E-state index in [4.69, 9.17) is 9.47 Å². The quantitative estimate of drug-likeness (QED) is 0.0930. The van der Waals surface area contributed by atoms with Crippen molar-refractivity contribution in [1.29, 1.82) is 0 Å². The molecule has 4 aromatic carbocycles. The van der Waals surface area contributed by atoms with Gasteiger partial charge in [-0.25, -0.2) is 0 Å². The van der Waals surface area contributed by atoms with Crippen molar-refractivity contribution in [2.24, 2.45) is 0 Å². The number of ether oxygens (including phenoxy) is 2. The van der Waals surface area contributed by atoms with Crippen molar-refractivity contribution in [3.8, 4) is 11.5 Å². The van der Waals surface area contributed by atoms with Crippen LogP contribution in [-0.4, -0.2) is 131 Å². The second-order valence-corrected chi connectivity index (χ2v) is 18.5. The predicted molar refractivity (Wildman–Crippen MR) is 264 cm³/mol. The van der Waals surface area contributed by atoms with Crippen LogP contribution >= 0.6 is 23.5 Å². The summed E-state index contributed by atoms with van der Waals surface area (Å²) in [7, 11) is 3.39. The number of piperazine rings is 2. The summed E-state index contributed by atoms with van der Waals surface area (Å²) in [6.45, 7) is 11.9. The number of methoxy groups -OCH3 is 2. The molecule has 0 spiro atoms. The number of unbranched alkanes of at least 4 members (excludes halogenated alkanes) is 2. The van der Waals surface area contributed by atoms with Crippen LogP contribution in [0.3, 0.4) is 0 Å². The minimum Gasteiger partial charge on any atom is -0.497 e. The van der Waals surface area contributed by atoms with Crippen molar-refractivity contribution < 1.29 is 24.2 Å². The fourth-order valence-corrected chi connectivity index (χ4v) is 10.4. The highest BCUT2D eigenvalue weighted by molar-refractivity contribution is 8.00. The Balaban J connectivity index is 0.000000192. The Hall–Kier alpha value is -4.92. The van der Waals surface area contributed by atoms with E-state index in [2.05, 4.69) is 72.7 Å². The lowest BCUT2D eigenvalue weighted by molar-refractivity contribution is -0.118. The number of carbonyl (C=O) groups is 2. The minimum absolute atomic E-state index is 0.0430. The first kappa shape index (κ1) is 47.1. The van der Waals surface area contributed by atoms with Crippen LogP contribution in [0.1, 0.15) is 42.4 Å². The Morgan fingerprint density at radius 1 is 0.609 bits per heavy atom. The number of anilines is 2. The standard InChI is InChI=1S/C26H33N3O3S.C25H31N3O2S/c1-31-22-9-10-25-20(18-22)17-21(19-33-25)26(30)27-11-5-6-12-28-13-15-29(16-14-28)23-7-3-4-8-24(23)32-2;29-18-20-6-5-8-23(16-20)28-14-12-27(13-15-28)11-4-3-10-26-25(30)22-17-21-7-1-2-9-24(21)31-19-22/h3-4,7-10,17-18H,5-6,11-16,19H2,1-2H3,(H,27,30);1-2,5-9,16-17,29H,3-4,10-15,18-19H2,(H,26,30). The highest BCUT2D eigenvalue weighted by atomic mass is 32.2. The average Bonchev–Trinajstić information content (AvgIpc) is 3.36. The fraction of sp³-hybridized carbons (Fsp3) is 0.412. The van der Waals surface area contributed by atoms with E-state index in [1.54, 1.807) is 37.7 Å². The van der Waals surface area contributed by atoms with E-state index < -0.39 is 0 Å². The maximum Gasteiger partial charge on any atom is 0.248 e. The third-order valence-corrected chi connectivity index (χ3v) is 14.4. The highest BCUT2D eigenvalue weighted by Gasteiger charge is 2.21. The van der Waals surface area contributed by atoms with Crippen molar-refractivity contribution in [3.63, 3.8) is 0 Å². The van der Waals surface area contributed by atoms with Gasteiger partial charge in [0, 0.05) is 104 Å². The number of nitrogens with one attached hydrogen (secondary N) is 2. The van der Waals surface area contributed by atoms with Gasteiger partial charge in [0.1, 0.15) is 11.5 Å².